The van der Waals surface area contributed by atoms with E-state index in [1.54, 1.807) is 11.8 Å². The van der Waals surface area contributed by atoms with Gasteiger partial charge in [0.1, 0.15) is 0 Å². The van der Waals surface area contributed by atoms with Gasteiger partial charge in [-0.25, -0.2) is 0 Å². The third-order valence-corrected chi connectivity index (χ3v) is 4.51. The molecule has 0 radical (unpaired) electrons. The number of nitrogens with one attached hydrogen (secondary N) is 1. The molecule has 2 rings (SSSR count). The number of carbonyl (C=O) groups is 1. The number of thioether (sulfide) groups is 1. The third-order valence-electron chi connectivity index (χ3n) is 3.19. The standard InChI is InChI=1S/C18H20ClNOS/c1-12(2)22-17-10-5-4-9-16(17)18(21)20-13(3)14-7-6-8-15(19)11-14/h4-13H,1-3H3,(H,20,21). The Labute approximate surface area is 141 Å². The fourth-order valence-electron chi connectivity index (χ4n) is 2.14. The molecule has 0 aliphatic rings. The Morgan fingerprint density at radius 3 is 2.50 bits per heavy atom. The number of benzene rings is 2. The molecule has 0 aliphatic carbocycles. The molecule has 1 unspecified atom stereocenters. The van der Waals surface area contributed by atoms with Gasteiger partial charge in [-0.15, -0.1) is 11.8 Å². The highest BCUT2D eigenvalue weighted by Gasteiger charge is 2.15. The van der Waals surface area contributed by atoms with E-state index < -0.39 is 0 Å². The normalized spacial score (nSPS) is 12.2. The van der Waals surface area contributed by atoms with E-state index in [9.17, 15) is 4.79 Å². The van der Waals surface area contributed by atoms with Crippen LogP contribution in [0.2, 0.25) is 5.02 Å². The fourth-order valence-corrected chi connectivity index (χ4v) is 3.30. The summed E-state index contributed by atoms with van der Waals surface area (Å²) < 4.78 is 0. The van der Waals surface area contributed by atoms with E-state index >= 15 is 0 Å². The van der Waals surface area contributed by atoms with Gasteiger partial charge in [-0.2, -0.15) is 0 Å². The predicted molar refractivity (Wildman–Crippen MR) is 94.8 cm³/mol. The van der Waals surface area contributed by atoms with Crippen LogP contribution in [-0.2, 0) is 0 Å². The largest absolute Gasteiger partial charge is 0.345 e. The second-order valence-electron chi connectivity index (χ2n) is 5.41. The van der Waals surface area contributed by atoms with Gasteiger partial charge in [0.25, 0.3) is 5.91 Å². The molecule has 1 atom stereocenters. The first-order chi connectivity index (χ1) is 10.5. The van der Waals surface area contributed by atoms with Crippen LogP contribution in [0.4, 0.5) is 0 Å². The molecule has 1 N–H and O–H groups in total. The molecule has 2 nitrogen and oxygen atoms in total. The molecule has 0 saturated heterocycles. The van der Waals surface area contributed by atoms with E-state index in [0.717, 1.165) is 16.0 Å². The summed E-state index contributed by atoms with van der Waals surface area (Å²) in [5.74, 6) is -0.0591. The molecule has 0 saturated carbocycles. The van der Waals surface area contributed by atoms with Crippen LogP contribution in [0.1, 0.15) is 42.7 Å². The summed E-state index contributed by atoms with van der Waals surface area (Å²) in [4.78, 5) is 13.6. The van der Waals surface area contributed by atoms with E-state index in [-0.39, 0.29) is 11.9 Å². The first kappa shape index (κ1) is 16.9. The predicted octanol–water partition coefficient (Wildman–Crippen LogP) is 5.33. The van der Waals surface area contributed by atoms with Crippen molar-refractivity contribution in [1.82, 2.24) is 5.32 Å². The Morgan fingerprint density at radius 2 is 1.82 bits per heavy atom. The van der Waals surface area contributed by atoms with E-state index in [2.05, 4.69) is 19.2 Å². The van der Waals surface area contributed by atoms with Crippen molar-refractivity contribution in [3.05, 3.63) is 64.7 Å². The van der Waals surface area contributed by atoms with E-state index in [1.165, 1.54) is 0 Å². The number of carbonyl (C=O) groups excluding carboxylic acids is 1. The molecule has 4 heteroatoms. The maximum absolute atomic E-state index is 12.6. The SMILES string of the molecule is CC(C)Sc1ccccc1C(=O)NC(C)c1cccc(Cl)c1. The van der Waals surface area contributed by atoms with Crippen LogP contribution >= 0.6 is 23.4 Å². The molecule has 2 aromatic carbocycles. The van der Waals surface area contributed by atoms with Crippen LogP contribution in [0.25, 0.3) is 0 Å². The molecule has 22 heavy (non-hydrogen) atoms. The van der Waals surface area contributed by atoms with Crippen molar-refractivity contribution in [2.75, 3.05) is 0 Å². The van der Waals surface area contributed by atoms with Crippen LogP contribution < -0.4 is 5.32 Å². The molecule has 0 aliphatic heterocycles. The minimum atomic E-state index is -0.0942. The Balaban J connectivity index is 2.15. The number of rotatable bonds is 5. The lowest BCUT2D eigenvalue weighted by Crippen LogP contribution is -2.27. The first-order valence-electron chi connectivity index (χ1n) is 7.29. The Hall–Kier alpha value is -1.45. The van der Waals surface area contributed by atoms with Gasteiger partial charge in [0.15, 0.2) is 0 Å². The average molecular weight is 334 g/mol. The second kappa shape index (κ2) is 7.70. The quantitative estimate of drug-likeness (QED) is 0.749. The van der Waals surface area contributed by atoms with Crippen LogP contribution in [0.3, 0.4) is 0 Å². The Bertz CT molecular complexity index is 657. The molecule has 0 heterocycles. The van der Waals surface area contributed by atoms with Gasteiger partial charge in [-0.1, -0.05) is 49.7 Å². The number of halogens is 1. The van der Waals surface area contributed by atoms with Crippen molar-refractivity contribution in [3.63, 3.8) is 0 Å². The van der Waals surface area contributed by atoms with Gasteiger partial charge in [0, 0.05) is 15.2 Å². The van der Waals surface area contributed by atoms with Crippen molar-refractivity contribution in [1.29, 1.82) is 0 Å². The second-order valence-corrected chi connectivity index (χ2v) is 7.47. The van der Waals surface area contributed by atoms with Gasteiger partial charge in [-0.05, 0) is 36.8 Å². The number of amides is 1. The zero-order valence-electron chi connectivity index (χ0n) is 13.0. The van der Waals surface area contributed by atoms with Crippen LogP contribution in [0, 0.1) is 0 Å². The molecule has 2 aromatic rings. The van der Waals surface area contributed by atoms with Gasteiger partial charge >= 0.3 is 0 Å². The monoisotopic (exact) mass is 333 g/mol. The third kappa shape index (κ3) is 4.52. The molecule has 0 aromatic heterocycles. The number of hydrogen-bond acceptors (Lipinski definition) is 2. The topological polar surface area (TPSA) is 29.1 Å². The highest BCUT2D eigenvalue weighted by molar-refractivity contribution is 8.00. The Kier molecular flexibility index (Phi) is 5.92. The van der Waals surface area contributed by atoms with Crippen molar-refractivity contribution in [3.8, 4) is 0 Å². The molecule has 0 spiro atoms. The average Bonchev–Trinajstić information content (AvgIpc) is 2.47. The summed E-state index contributed by atoms with van der Waals surface area (Å²) in [6, 6.07) is 15.2. The fraction of sp³-hybridized carbons (Fsp3) is 0.278. The summed E-state index contributed by atoms with van der Waals surface area (Å²) in [7, 11) is 0. The van der Waals surface area contributed by atoms with Crippen molar-refractivity contribution < 1.29 is 4.79 Å². The maximum atomic E-state index is 12.6. The van der Waals surface area contributed by atoms with Crippen LogP contribution in [0.15, 0.2) is 53.4 Å². The van der Waals surface area contributed by atoms with E-state index in [1.807, 2.05) is 55.5 Å². The highest BCUT2D eigenvalue weighted by Crippen LogP contribution is 2.27. The van der Waals surface area contributed by atoms with Crippen molar-refractivity contribution in [2.45, 2.75) is 37.0 Å². The smallest absolute Gasteiger partial charge is 0.252 e. The molecule has 0 fully saturated rings. The van der Waals surface area contributed by atoms with E-state index in [0.29, 0.717) is 10.3 Å². The summed E-state index contributed by atoms with van der Waals surface area (Å²) in [6.07, 6.45) is 0. The summed E-state index contributed by atoms with van der Waals surface area (Å²) in [6.45, 7) is 6.20. The van der Waals surface area contributed by atoms with Crippen molar-refractivity contribution in [2.24, 2.45) is 0 Å². The number of hydrogen-bond donors (Lipinski definition) is 1. The van der Waals surface area contributed by atoms with Gasteiger partial charge in [0.05, 0.1) is 11.6 Å². The van der Waals surface area contributed by atoms with Gasteiger partial charge in [0.2, 0.25) is 0 Å². The first-order valence-corrected chi connectivity index (χ1v) is 8.55. The Morgan fingerprint density at radius 1 is 1.09 bits per heavy atom. The molecular weight excluding hydrogens is 314 g/mol. The zero-order valence-corrected chi connectivity index (χ0v) is 14.5. The van der Waals surface area contributed by atoms with Crippen LogP contribution in [0.5, 0.6) is 0 Å². The summed E-state index contributed by atoms with van der Waals surface area (Å²) >= 11 is 7.71. The van der Waals surface area contributed by atoms with Gasteiger partial charge < -0.3 is 5.32 Å². The lowest BCUT2D eigenvalue weighted by molar-refractivity contribution is 0.0937. The molecular formula is C18H20ClNOS. The van der Waals surface area contributed by atoms with Crippen LogP contribution in [-0.4, -0.2) is 11.2 Å². The lowest BCUT2D eigenvalue weighted by atomic mass is 10.1. The van der Waals surface area contributed by atoms with E-state index in [4.69, 9.17) is 11.6 Å². The highest BCUT2D eigenvalue weighted by atomic mass is 35.5. The lowest BCUT2D eigenvalue weighted by Gasteiger charge is -2.16. The molecule has 1 amide bonds. The minimum absolute atomic E-state index is 0.0591. The van der Waals surface area contributed by atoms with Gasteiger partial charge in [-0.3, -0.25) is 4.79 Å². The molecule has 116 valence electrons. The van der Waals surface area contributed by atoms with Crippen molar-refractivity contribution >= 4 is 29.3 Å². The zero-order chi connectivity index (χ0) is 16.1. The summed E-state index contributed by atoms with van der Waals surface area (Å²) in [5, 5.41) is 4.15. The summed E-state index contributed by atoms with van der Waals surface area (Å²) in [5.41, 5.74) is 1.71. The molecule has 0 bridgehead atoms. The maximum Gasteiger partial charge on any atom is 0.252 e. The minimum Gasteiger partial charge on any atom is -0.345 e.